The molecule has 1 aliphatic heterocycles. The summed E-state index contributed by atoms with van der Waals surface area (Å²) in [5.41, 5.74) is 4.48. The Morgan fingerprint density at radius 3 is 2.38 bits per heavy atom. The van der Waals surface area contributed by atoms with Crippen LogP contribution in [-0.4, -0.2) is 31.5 Å². The molecule has 4 aromatic rings. The zero-order valence-corrected chi connectivity index (χ0v) is 21.9. The molecule has 1 saturated heterocycles. The van der Waals surface area contributed by atoms with Crippen molar-refractivity contribution in [2.24, 2.45) is 0 Å². The molecule has 5 rings (SSSR count). The highest BCUT2D eigenvalue weighted by molar-refractivity contribution is 8.26. The van der Waals surface area contributed by atoms with Gasteiger partial charge in [-0.3, -0.25) is 9.69 Å². The van der Waals surface area contributed by atoms with Crippen LogP contribution < -0.4 is 4.74 Å². The Hall–Kier alpha value is -3.94. The molecule has 1 aromatic heterocycles. The van der Waals surface area contributed by atoms with E-state index >= 15 is 0 Å². The number of aromatic nitrogens is 2. The Kier molecular flexibility index (Phi) is 7.35. The van der Waals surface area contributed by atoms with Crippen molar-refractivity contribution in [3.63, 3.8) is 0 Å². The van der Waals surface area contributed by atoms with Crippen LogP contribution in [0.5, 0.6) is 5.75 Å². The quantitative estimate of drug-likeness (QED) is 0.140. The third-order valence-electron chi connectivity index (χ3n) is 6.04. The van der Waals surface area contributed by atoms with Crippen molar-refractivity contribution >= 4 is 40.3 Å². The van der Waals surface area contributed by atoms with Crippen molar-refractivity contribution in [1.82, 2.24) is 14.7 Å². The Morgan fingerprint density at radius 1 is 1.03 bits per heavy atom. The molecular weight excluding hydrogens is 498 g/mol. The summed E-state index contributed by atoms with van der Waals surface area (Å²) in [6.45, 7) is 6.13. The van der Waals surface area contributed by atoms with E-state index in [2.05, 4.69) is 6.58 Å². The molecule has 1 amide bonds. The van der Waals surface area contributed by atoms with Crippen LogP contribution in [-0.2, 0) is 4.79 Å². The molecule has 1 aliphatic rings. The predicted octanol–water partition coefficient (Wildman–Crippen LogP) is 7.07. The molecule has 37 heavy (non-hydrogen) atoms. The third-order valence-corrected chi connectivity index (χ3v) is 7.37. The zero-order valence-electron chi connectivity index (χ0n) is 20.3. The first-order chi connectivity index (χ1) is 18.0. The number of nitrogens with zero attached hydrogens (tertiary/aromatic N) is 3. The maximum atomic E-state index is 13.5. The van der Waals surface area contributed by atoms with Gasteiger partial charge in [-0.15, -0.1) is 0 Å². The molecule has 0 unspecified atom stereocenters. The second kappa shape index (κ2) is 11.0. The van der Waals surface area contributed by atoms with E-state index in [9.17, 15) is 4.79 Å². The lowest BCUT2D eigenvalue weighted by molar-refractivity contribution is -0.123. The Balaban J connectivity index is 1.51. The van der Waals surface area contributed by atoms with E-state index in [1.54, 1.807) is 11.0 Å². The summed E-state index contributed by atoms with van der Waals surface area (Å²) in [6.07, 6.45) is 5.54. The Morgan fingerprint density at radius 2 is 1.70 bits per heavy atom. The number of rotatable bonds is 8. The Labute approximate surface area is 226 Å². The minimum absolute atomic E-state index is 0.0991. The lowest BCUT2D eigenvalue weighted by Gasteiger charge is -2.23. The standard InChI is InChI=1S/C30H25N3O2S2/c1-3-18-35-26-16-14-23(15-17-26)28-24(20-32(31-28)25-12-8-5-9-13-25)19-27-29(34)33(30(36)37-27)21(2)22-10-6-4-7-11-22/h3-17,19-21H,1,18H2,2H3/b27-19-/t21-/m0/s1. The van der Waals surface area contributed by atoms with Crippen LogP contribution in [0, 0.1) is 0 Å². The van der Waals surface area contributed by atoms with E-state index in [0.717, 1.165) is 33.8 Å². The van der Waals surface area contributed by atoms with Crippen LogP contribution in [0.25, 0.3) is 23.0 Å². The van der Waals surface area contributed by atoms with Gasteiger partial charge in [0, 0.05) is 17.3 Å². The molecule has 1 atom stereocenters. The van der Waals surface area contributed by atoms with E-state index in [-0.39, 0.29) is 11.9 Å². The summed E-state index contributed by atoms with van der Waals surface area (Å²) in [5.74, 6) is 0.654. The average Bonchev–Trinajstić information content (AvgIpc) is 3.48. The predicted molar refractivity (Wildman–Crippen MR) is 155 cm³/mol. The van der Waals surface area contributed by atoms with Crippen LogP contribution in [0.2, 0.25) is 0 Å². The van der Waals surface area contributed by atoms with Gasteiger partial charge in [0.25, 0.3) is 5.91 Å². The maximum absolute atomic E-state index is 13.5. The van der Waals surface area contributed by atoms with E-state index in [0.29, 0.717) is 15.8 Å². The van der Waals surface area contributed by atoms with Crippen LogP contribution in [0.4, 0.5) is 0 Å². The topological polar surface area (TPSA) is 47.4 Å². The highest BCUT2D eigenvalue weighted by Gasteiger charge is 2.36. The molecular formula is C30H25N3O2S2. The van der Waals surface area contributed by atoms with Gasteiger partial charge in [-0.05, 0) is 55.0 Å². The van der Waals surface area contributed by atoms with Crippen LogP contribution in [0.15, 0.2) is 109 Å². The number of hydrogen-bond donors (Lipinski definition) is 0. The van der Waals surface area contributed by atoms with Gasteiger partial charge in [0.15, 0.2) is 0 Å². The minimum Gasteiger partial charge on any atom is -0.490 e. The molecule has 5 nitrogen and oxygen atoms in total. The van der Waals surface area contributed by atoms with Gasteiger partial charge in [0.1, 0.15) is 16.7 Å². The number of ether oxygens (including phenoxy) is 1. The molecule has 0 bridgehead atoms. The number of thiocarbonyl (C=S) groups is 1. The summed E-state index contributed by atoms with van der Waals surface area (Å²) in [5, 5.41) is 4.88. The fourth-order valence-corrected chi connectivity index (χ4v) is 5.54. The van der Waals surface area contributed by atoms with Gasteiger partial charge >= 0.3 is 0 Å². The lowest BCUT2D eigenvalue weighted by atomic mass is 10.1. The first-order valence-corrected chi connectivity index (χ1v) is 13.1. The van der Waals surface area contributed by atoms with Crippen molar-refractivity contribution in [3.8, 4) is 22.7 Å². The van der Waals surface area contributed by atoms with Gasteiger partial charge in [-0.25, -0.2) is 4.68 Å². The second-order valence-corrected chi connectivity index (χ2v) is 10.2. The maximum Gasteiger partial charge on any atom is 0.266 e. The van der Waals surface area contributed by atoms with E-state index in [1.807, 2.05) is 109 Å². The van der Waals surface area contributed by atoms with E-state index in [4.69, 9.17) is 22.1 Å². The number of carbonyl (C=O) groups excluding carboxylic acids is 1. The summed E-state index contributed by atoms with van der Waals surface area (Å²) < 4.78 is 8.01. The molecule has 7 heteroatoms. The van der Waals surface area contributed by atoms with Gasteiger partial charge in [0.05, 0.1) is 22.3 Å². The van der Waals surface area contributed by atoms with E-state index < -0.39 is 0 Å². The summed E-state index contributed by atoms with van der Waals surface area (Å²) in [6, 6.07) is 27.4. The number of para-hydroxylation sites is 1. The molecule has 3 aromatic carbocycles. The molecule has 1 fully saturated rings. The largest absolute Gasteiger partial charge is 0.490 e. The van der Waals surface area contributed by atoms with Gasteiger partial charge in [-0.2, -0.15) is 5.10 Å². The number of thioether (sulfide) groups is 1. The number of carbonyl (C=O) groups is 1. The first-order valence-electron chi connectivity index (χ1n) is 11.9. The molecule has 0 radical (unpaired) electrons. The summed E-state index contributed by atoms with van der Waals surface area (Å²) in [7, 11) is 0. The SMILES string of the molecule is C=CCOc1ccc(-c2nn(-c3ccccc3)cc2/C=C2\SC(=S)N([C@@H](C)c3ccccc3)C2=O)cc1. The van der Waals surface area contributed by atoms with Crippen LogP contribution in [0.1, 0.15) is 24.1 Å². The van der Waals surface area contributed by atoms with Crippen molar-refractivity contribution in [1.29, 1.82) is 0 Å². The smallest absolute Gasteiger partial charge is 0.266 e. The highest BCUT2D eigenvalue weighted by atomic mass is 32.2. The van der Waals surface area contributed by atoms with Crippen LogP contribution in [0.3, 0.4) is 0 Å². The fourth-order valence-electron chi connectivity index (χ4n) is 4.13. The number of hydrogen-bond acceptors (Lipinski definition) is 5. The third kappa shape index (κ3) is 5.28. The van der Waals surface area contributed by atoms with Gasteiger partial charge < -0.3 is 4.74 Å². The first kappa shape index (κ1) is 24.7. The van der Waals surface area contributed by atoms with Gasteiger partial charge in [0.2, 0.25) is 0 Å². The monoisotopic (exact) mass is 523 g/mol. The minimum atomic E-state index is -0.158. The molecule has 0 saturated carbocycles. The average molecular weight is 524 g/mol. The highest BCUT2D eigenvalue weighted by Crippen LogP contribution is 2.39. The van der Waals surface area contributed by atoms with Gasteiger partial charge in [-0.1, -0.05) is 85.2 Å². The second-order valence-electron chi connectivity index (χ2n) is 8.48. The van der Waals surface area contributed by atoms with E-state index in [1.165, 1.54) is 11.8 Å². The molecule has 0 spiro atoms. The van der Waals surface area contributed by atoms with Crippen molar-refractivity contribution < 1.29 is 9.53 Å². The number of amides is 1. The fraction of sp³-hybridized carbons (Fsp3) is 0.100. The normalized spacial score (nSPS) is 15.3. The van der Waals surface area contributed by atoms with Crippen molar-refractivity contribution in [2.75, 3.05) is 6.61 Å². The molecule has 2 heterocycles. The number of benzene rings is 3. The zero-order chi connectivity index (χ0) is 25.8. The Bertz CT molecular complexity index is 1460. The molecule has 0 N–H and O–H groups in total. The lowest BCUT2D eigenvalue weighted by Crippen LogP contribution is -2.30. The van der Waals surface area contributed by atoms with Crippen molar-refractivity contribution in [2.45, 2.75) is 13.0 Å². The molecule has 0 aliphatic carbocycles. The molecule has 184 valence electrons. The van der Waals surface area contributed by atoms with Crippen LogP contribution >= 0.6 is 24.0 Å². The summed E-state index contributed by atoms with van der Waals surface area (Å²) in [4.78, 5) is 15.8. The van der Waals surface area contributed by atoms with Crippen molar-refractivity contribution in [3.05, 3.63) is 120 Å². The summed E-state index contributed by atoms with van der Waals surface area (Å²) >= 11 is 6.95.